The van der Waals surface area contributed by atoms with Gasteiger partial charge in [-0.3, -0.25) is 38.4 Å². The van der Waals surface area contributed by atoms with Crippen molar-refractivity contribution in [2.45, 2.75) is 128 Å². The molecule has 2 bridgehead atoms. The fourth-order valence-corrected chi connectivity index (χ4v) is 13.8. The van der Waals surface area contributed by atoms with Crippen LogP contribution in [0.1, 0.15) is 133 Å². The zero-order valence-corrected chi connectivity index (χ0v) is 61.6. The molecule has 8 unspecified atom stereocenters. The number of esters is 8. The van der Waals surface area contributed by atoms with Crippen LogP contribution in [-0.4, -0.2) is 72.9 Å². The van der Waals surface area contributed by atoms with Crippen LogP contribution in [0.5, 0.6) is 11.5 Å². The highest BCUT2D eigenvalue weighted by molar-refractivity contribution is 6.02. The van der Waals surface area contributed by atoms with Crippen LogP contribution in [0.25, 0.3) is 0 Å². The molecule has 3 aliphatic carbocycles. The minimum Gasteiger partial charge on any atom is -0.457 e. The lowest BCUT2D eigenvalue weighted by Gasteiger charge is -2.32. The van der Waals surface area contributed by atoms with Crippen molar-refractivity contribution in [2.24, 2.45) is 58.4 Å². The lowest BCUT2D eigenvalue weighted by molar-refractivity contribution is -0.174. The molecule has 25 heteroatoms. The van der Waals surface area contributed by atoms with Crippen LogP contribution in [0, 0.1) is 49.4 Å². The van der Waals surface area contributed by atoms with Gasteiger partial charge in [-0.2, -0.15) is 0 Å². The summed E-state index contributed by atoms with van der Waals surface area (Å²) in [5.41, 5.74) is 81.8. The standard InChI is InChI=1S/C16H12O6.C15H18N2.C13H14N2.C12H12N2O.C10H8O6.C6H14N2.C6H8N2.C6H16N2/c17-12-6-10(14(18)21-12)9-5-11-13(16(20)22-15(11)19)8-4-2-1-3-7(8)9;1-10-7-14(16)5-3-12(10)9-13-4-6-15(17)8-11(13)2;14-12-5-1-10(2-6-12)9-11-3-7-13(15)8-4-11;13-9-1-5-11(6-2-9)15-12-7-3-10(14)4-8-12;11-6-2-3-4-1-5(7(3)10(14)15-6)9(13)16-8(4)12;2*7-5-1-2-6(8)4-3-5;7-5-3-1-2-4-6-8/h1-4,9-11,13H,5-6H2;3-8H,9,16-17H2,1-2H3;1-8H,9,14-15H2;1-8H,13-14H2;3-5,7H,1-2H2;5-6H,1-4,7-8H2;1-4H,7-8H2;1-8H2. The normalized spacial score (nSPS) is 21.5. The van der Waals surface area contributed by atoms with Crippen molar-refractivity contribution in [3.63, 3.8) is 0 Å². The van der Waals surface area contributed by atoms with Crippen molar-refractivity contribution in [1.82, 2.24) is 0 Å². The van der Waals surface area contributed by atoms with Gasteiger partial charge in [0.05, 0.1) is 48.3 Å². The summed E-state index contributed by atoms with van der Waals surface area (Å²) in [6, 6.07) is 57.7. The number of nitrogen functional groups attached to an aromatic ring is 8. The Morgan fingerprint density at radius 3 is 1.16 bits per heavy atom. The molecule has 15 rings (SSSR count). The van der Waals surface area contributed by atoms with Gasteiger partial charge in [0.15, 0.2) is 0 Å². The highest BCUT2D eigenvalue weighted by Crippen LogP contribution is 2.52. The SMILES string of the molecule is Cc1cc(N)ccc1Cc1ccc(N)cc1C.NC1CCC(N)CC1.NCCCCCCN.Nc1ccc(Cc2ccc(N)cc2)cc1.Nc1ccc(N)cc1.Nc1ccc(Oc2ccc(N)cc2)cc1.O=C1CC(C2CC3C(=O)OC(=O)C3c3ccccc32)C(=O)O1.O=C1CC2C3CC(C(=O)OC3=O)C2C(=O)O1. The van der Waals surface area contributed by atoms with E-state index in [0.29, 0.717) is 30.5 Å². The molecule has 8 aromatic carbocycles. The van der Waals surface area contributed by atoms with Gasteiger partial charge < -0.3 is 92.5 Å². The average Bonchev–Trinajstić information content (AvgIpc) is 1.62. The van der Waals surface area contributed by atoms with Crippen molar-refractivity contribution in [3.8, 4) is 11.5 Å². The van der Waals surface area contributed by atoms with E-state index in [1.165, 1.54) is 46.2 Å². The van der Waals surface area contributed by atoms with Crippen LogP contribution in [0.4, 0.5) is 45.5 Å². The molecule has 8 atom stereocenters. The predicted octanol–water partition coefficient (Wildman–Crippen LogP) is 10.1. The first kappa shape index (κ1) is 83.0. The summed E-state index contributed by atoms with van der Waals surface area (Å²) in [6.07, 6.45) is 11.8. The second kappa shape index (κ2) is 40.4. The monoisotopic (exact) mass is 1490 g/mol. The number of hydrogen-bond donors (Lipinski definition) is 12. The van der Waals surface area contributed by atoms with E-state index in [-0.39, 0.29) is 18.8 Å². The Labute approximate surface area is 635 Å². The van der Waals surface area contributed by atoms with Crippen LogP contribution in [0.2, 0.25) is 0 Å². The first-order valence-electron chi connectivity index (χ1n) is 36.6. The zero-order valence-electron chi connectivity index (χ0n) is 61.6. The summed E-state index contributed by atoms with van der Waals surface area (Å²) in [6.45, 7) is 5.84. The molecule has 576 valence electrons. The first-order chi connectivity index (χ1) is 52.2. The molecule has 2 saturated carbocycles. The summed E-state index contributed by atoms with van der Waals surface area (Å²) in [5.74, 6) is -7.59. The highest BCUT2D eigenvalue weighted by Gasteiger charge is 2.61. The van der Waals surface area contributed by atoms with E-state index in [2.05, 4.69) is 40.2 Å². The quantitative estimate of drug-likeness (QED) is 0.0178. The number of cyclic esters (lactones) is 8. The molecular formula is C84H102N12O13. The van der Waals surface area contributed by atoms with Crippen LogP contribution in [0.15, 0.2) is 182 Å². The molecule has 0 spiro atoms. The Morgan fingerprint density at radius 1 is 0.358 bits per heavy atom. The molecule has 6 fully saturated rings. The molecule has 7 aliphatic rings. The fraction of sp³-hybridized carbons (Fsp3) is 0.333. The summed E-state index contributed by atoms with van der Waals surface area (Å²) in [4.78, 5) is 92.6. The molecule has 4 aliphatic heterocycles. The highest BCUT2D eigenvalue weighted by atomic mass is 16.6. The van der Waals surface area contributed by atoms with Crippen LogP contribution < -0.4 is 73.5 Å². The van der Waals surface area contributed by atoms with E-state index in [1.807, 2.05) is 109 Å². The van der Waals surface area contributed by atoms with Crippen molar-refractivity contribution >= 4 is 93.3 Å². The Balaban J connectivity index is 0.000000160. The van der Waals surface area contributed by atoms with Gasteiger partial charge in [-0.15, -0.1) is 0 Å². The minimum atomic E-state index is -0.694. The van der Waals surface area contributed by atoms with Crippen molar-refractivity contribution in [3.05, 3.63) is 226 Å². The third-order valence-electron chi connectivity index (χ3n) is 19.8. The van der Waals surface area contributed by atoms with Crippen molar-refractivity contribution < 1.29 is 62.0 Å². The van der Waals surface area contributed by atoms with Gasteiger partial charge >= 0.3 is 47.8 Å². The second-order valence-electron chi connectivity index (χ2n) is 28.1. The number of carbonyl (C=O) groups excluding carboxylic acids is 8. The average molecular weight is 1490 g/mol. The van der Waals surface area contributed by atoms with Gasteiger partial charge in [0.2, 0.25) is 0 Å². The number of fused-ring (bicyclic) bond motifs is 8. The van der Waals surface area contributed by atoms with E-state index in [1.54, 1.807) is 60.7 Å². The first-order valence-corrected chi connectivity index (χ1v) is 36.6. The number of ether oxygens (including phenoxy) is 5. The number of anilines is 8. The van der Waals surface area contributed by atoms with Gasteiger partial charge in [0.25, 0.3) is 0 Å². The number of unbranched alkanes of at least 4 members (excludes halogenated alkanes) is 3. The van der Waals surface area contributed by atoms with Crippen LogP contribution in [0.3, 0.4) is 0 Å². The molecular weight excluding hydrogens is 1380 g/mol. The van der Waals surface area contributed by atoms with Crippen LogP contribution in [-0.2, 0) is 70.1 Å². The Kier molecular flexibility index (Phi) is 30.7. The summed E-state index contributed by atoms with van der Waals surface area (Å²) in [7, 11) is 0. The maximum atomic E-state index is 11.9. The van der Waals surface area contributed by atoms with E-state index in [9.17, 15) is 38.4 Å². The van der Waals surface area contributed by atoms with Crippen molar-refractivity contribution in [1.29, 1.82) is 0 Å². The lowest BCUT2D eigenvalue weighted by atomic mass is 9.67. The molecule has 0 aromatic heterocycles. The van der Waals surface area contributed by atoms with Crippen molar-refractivity contribution in [2.75, 3.05) is 59.0 Å². The van der Waals surface area contributed by atoms with Gasteiger partial charge in [-0.05, 0) is 269 Å². The summed E-state index contributed by atoms with van der Waals surface area (Å²) < 4.78 is 24.0. The molecule has 4 heterocycles. The molecule has 25 nitrogen and oxygen atoms in total. The number of hydrogen-bond acceptors (Lipinski definition) is 25. The minimum absolute atomic E-state index is 0.0121. The lowest BCUT2D eigenvalue weighted by Crippen LogP contribution is -2.37. The molecule has 4 saturated heterocycles. The maximum Gasteiger partial charge on any atom is 0.321 e. The van der Waals surface area contributed by atoms with Gasteiger partial charge in [0.1, 0.15) is 11.5 Å². The maximum absolute atomic E-state index is 11.9. The largest absolute Gasteiger partial charge is 0.457 e. The topological polar surface area (TPSA) is 495 Å². The van der Waals surface area contributed by atoms with Gasteiger partial charge in [-0.25, -0.2) is 0 Å². The molecule has 0 amide bonds. The van der Waals surface area contributed by atoms with Crippen LogP contribution >= 0.6 is 0 Å². The number of aryl methyl sites for hydroxylation is 2. The van der Waals surface area contributed by atoms with E-state index < -0.39 is 89.2 Å². The second-order valence-corrected chi connectivity index (χ2v) is 28.1. The number of rotatable bonds is 12. The third-order valence-corrected chi connectivity index (χ3v) is 19.8. The van der Waals surface area contributed by atoms with E-state index >= 15 is 0 Å². The Bertz CT molecular complexity index is 4120. The number of carbonyl (C=O) groups is 8. The zero-order chi connectivity index (χ0) is 78.8. The number of benzene rings is 8. The Morgan fingerprint density at radius 2 is 0.725 bits per heavy atom. The molecule has 0 radical (unpaired) electrons. The van der Waals surface area contributed by atoms with Gasteiger partial charge in [0, 0.05) is 57.6 Å². The summed E-state index contributed by atoms with van der Waals surface area (Å²) in [5, 5.41) is 0. The summed E-state index contributed by atoms with van der Waals surface area (Å²) >= 11 is 0. The Hall–Kier alpha value is -11.6. The predicted molar refractivity (Wildman–Crippen MR) is 422 cm³/mol. The fourth-order valence-electron chi connectivity index (χ4n) is 13.8. The smallest absolute Gasteiger partial charge is 0.321 e. The third kappa shape index (κ3) is 24.7. The molecule has 109 heavy (non-hydrogen) atoms. The molecule has 8 aromatic rings. The number of nitrogens with two attached hydrogens (primary N) is 12. The molecule has 24 N–H and O–H groups in total. The van der Waals surface area contributed by atoms with Gasteiger partial charge in [-0.1, -0.05) is 73.5 Å². The van der Waals surface area contributed by atoms with E-state index in [0.717, 1.165) is 127 Å². The van der Waals surface area contributed by atoms with E-state index in [4.69, 9.17) is 78.3 Å².